The summed E-state index contributed by atoms with van der Waals surface area (Å²) in [5.74, 6) is 1.36. The lowest BCUT2D eigenvalue weighted by Crippen LogP contribution is -2.07. The van der Waals surface area contributed by atoms with Crippen molar-refractivity contribution in [2.45, 2.75) is 6.18 Å². The Morgan fingerprint density at radius 3 is 0.853 bits per heavy atom. The maximum Gasteiger partial charge on any atom is 0.416 e. The topological polar surface area (TPSA) is 466 Å². The van der Waals surface area contributed by atoms with Crippen LogP contribution in [0.15, 0.2) is 273 Å². The van der Waals surface area contributed by atoms with E-state index < -0.39 is 11.7 Å². The Balaban J connectivity index is 0.000000156. The second-order valence-corrected chi connectivity index (χ2v) is 27.8. The van der Waals surface area contributed by atoms with Crippen molar-refractivity contribution < 1.29 is 17.9 Å². The first-order valence-electron chi connectivity index (χ1n) is 37.9. The van der Waals surface area contributed by atoms with E-state index in [1.165, 1.54) is 47.7 Å². The highest BCUT2D eigenvalue weighted by Crippen LogP contribution is 2.38. The molecular formula is C97H63Cl3F3N25O. The number of hydrogen-bond donors (Lipinski definition) is 5. The van der Waals surface area contributed by atoms with E-state index in [1.807, 2.05) is 194 Å². The number of hydrogen-bond acceptors (Lipinski definition) is 21. The number of halogens is 6. The van der Waals surface area contributed by atoms with Gasteiger partial charge in [0.05, 0.1) is 69.0 Å². The Hall–Kier alpha value is -18.7. The van der Waals surface area contributed by atoms with Crippen LogP contribution >= 0.6 is 34.8 Å². The number of nitrogen functional groups attached to an aromatic ring is 5. The van der Waals surface area contributed by atoms with Gasteiger partial charge in [0, 0.05) is 26.2 Å². The second kappa shape index (κ2) is 42.7. The highest BCUT2D eigenvalue weighted by molar-refractivity contribution is 6.37. The summed E-state index contributed by atoms with van der Waals surface area (Å²) in [4.78, 5) is 0. The van der Waals surface area contributed by atoms with E-state index in [0.717, 1.165) is 23.4 Å². The quantitative estimate of drug-likeness (QED) is 0.0561. The van der Waals surface area contributed by atoms with E-state index >= 15 is 0 Å². The smallest absolute Gasteiger partial charge is 0.416 e. The van der Waals surface area contributed by atoms with Crippen LogP contribution in [0.2, 0.25) is 15.1 Å². The van der Waals surface area contributed by atoms with Crippen LogP contribution in [0.4, 0.5) is 42.3 Å². The van der Waals surface area contributed by atoms with Gasteiger partial charge >= 0.3 is 6.18 Å². The fourth-order valence-electron chi connectivity index (χ4n) is 12.5. The van der Waals surface area contributed by atoms with E-state index in [9.17, 15) is 65.8 Å². The second-order valence-electron chi connectivity index (χ2n) is 26.6. The van der Waals surface area contributed by atoms with Gasteiger partial charge in [-0.15, -0.1) is 0 Å². The number of para-hydroxylation sites is 6. The number of nitrogens with two attached hydrogens (primary N) is 5. The summed E-state index contributed by atoms with van der Waals surface area (Å²) in [6.45, 7) is 0. The van der Waals surface area contributed by atoms with E-state index in [1.54, 1.807) is 110 Å². The molecular weight excluding hydrogens is 1690 g/mol. The number of aromatic nitrogens is 10. The molecule has 26 nitrogen and oxygen atoms in total. The van der Waals surface area contributed by atoms with E-state index in [-0.39, 0.29) is 113 Å². The molecule has 5 aromatic heterocycles. The van der Waals surface area contributed by atoms with Gasteiger partial charge in [0.15, 0.2) is 0 Å². The number of benzene rings is 10. The van der Waals surface area contributed by atoms with Crippen LogP contribution in [-0.2, 0) is 6.18 Å². The molecule has 15 rings (SSSR count). The fourth-order valence-corrected chi connectivity index (χ4v) is 13.2. The minimum absolute atomic E-state index is 0.00560. The van der Waals surface area contributed by atoms with Crippen LogP contribution in [0.1, 0.15) is 89.7 Å². The van der Waals surface area contributed by atoms with Crippen molar-refractivity contribution in [2.75, 3.05) is 35.8 Å². The Bertz CT molecular complexity index is 7290. The van der Waals surface area contributed by atoms with Gasteiger partial charge in [-0.25, -0.2) is 23.4 Å². The first kappa shape index (κ1) is 91.1. The van der Waals surface area contributed by atoms with Crippen LogP contribution < -0.4 is 33.4 Å². The van der Waals surface area contributed by atoms with Crippen molar-refractivity contribution in [3.63, 3.8) is 0 Å². The number of ether oxygens (including phenoxy) is 1. The lowest BCUT2D eigenvalue weighted by atomic mass is 10.0. The molecule has 0 aliphatic carbocycles. The minimum atomic E-state index is -4.59. The molecule has 0 aliphatic rings. The van der Waals surface area contributed by atoms with Gasteiger partial charge in [0.25, 0.3) is 0 Å². The standard InChI is InChI=1S/C20H12F3N5.C20H15N5O.C19H11Cl2N5.C19H12ClN5.C19H13N5/c21-20(22,23)17-9-5-4-6-13(17)10-14(11-24)18-16(12-25)19(26)28(27-18)15-7-2-1-3-8-15;1-26-18-10-6-5-7-14(18)11-15(12-21)19-17(13-22)20(23)25(24-19)16-8-3-2-4-9-16;20-16-7-4-8-17(21)14(16)9-12(10-22)18-15(11-23)19(24)26(25-18)13-5-2-1-3-6-13;20-17-9-5-4-6-13(17)10-14(11-21)18-16(12-22)19(23)25(24-18)15-7-2-1-3-8-15;20-12-15(11-14-7-3-1-4-8-14)18-17(13-21)19(22)24(23-18)16-9-5-2-6-10-16/h1-10H,26H2;2-11H,23H2,1H3;1-9H,24H2;1-10H,23H2;1-11H,22H2/b14-10+;15-11+;12-9+;14-10+;15-11+. The van der Waals surface area contributed by atoms with Crippen LogP contribution in [-0.4, -0.2) is 56.0 Å². The van der Waals surface area contributed by atoms with E-state index in [4.69, 9.17) is 68.2 Å². The maximum absolute atomic E-state index is 13.2. The third-order valence-corrected chi connectivity index (χ3v) is 19.7. The first-order valence-corrected chi connectivity index (χ1v) is 39.0. The van der Waals surface area contributed by atoms with Crippen LogP contribution in [0.25, 0.3) is 86.7 Å². The van der Waals surface area contributed by atoms with Gasteiger partial charge in [-0.2, -0.15) is 91.3 Å². The summed E-state index contributed by atoms with van der Waals surface area (Å²) >= 11 is 18.5. The molecule has 32 heteroatoms. The zero-order valence-electron chi connectivity index (χ0n) is 67.4. The fraction of sp³-hybridized carbons (Fsp3) is 0.0206. The number of alkyl halides is 3. The van der Waals surface area contributed by atoms with Crippen molar-refractivity contribution >= 4 is 122 Å². The predicted octanol–water partition coefficient (Wildman–Crippen LogP) is 19.9. The predicted molar refractivity (Wildman–Crippen MR) is 490 cm³/mol. The SMILES string of the molecule is COc1ccccc1/C=C(\C#N)c1nn(-c2ccccc2)c(N)c1C#N.N#C/C(=C\c1c(Cl)cccc1Cl)c1nn(-c2ccccc2)c(N)c1C#N.N#C/C(=C\c1ccccc1)c1nn(-c2ccccc2)c(N)c1C#N.N#C/C(=C\c1ccccc1C(F)(F)F)c1nn(-c2ccccc2)c(N)c1C#N.N#C/C(=C\c1ccccc1Cl)c1nn(-c2ccccc2)c(N)c1C#N. The summed E-state index contributed by atoms with van der Waals surface area (Å²) < 4.78 is 52.1. The normalized spacial score (nSPS) is 11.1. The number of anilines is 5. The summed E-state index contributed by atoms with van der Waals surface area (Å²) in [7, 11) is 1.56. The Morgan fingerprint density at radius 2 is 0.550 bits per heavy atom. The molecule has 0 spiro atoms. The molecule has 5 heterocycles. The third-order valence-electron chi connectivity index (χ3n) is 18.7. The van der Waals surface area contributed by atoms with Crippen LogP contribution in [0, 0.1) is 113 Å². The minimum Gasteiger partial charge on any atom is -0.496 e. The van der Waals surface area contributed by atoms with Crippen LogP contribution in [0.3, 0.4) is 0 Å². The monoisotopic (exact) mass is 1760 g/mol. The number of nitriles is 10. The molecule has 0 amide bonds. The lowest BCUT2D eigenvalue weighted by Gasteiger charge is -2.10. The summed E-state index contributed by atoms with van der Waals surface area (Å²) in [5.41, 5.74) is 37.4. The highest BCUT2D eigenvalue weighted by atomic mass is 35.5. The Morgan fingerprint density at radius 1 is 0.302 bits per heavy atom. The molecule has 10 N–H and O–H groups in total. The zero-order chi connectivity index (χ0) is 92.3. The molecule has 0 radical (unpaired) electrons. The molecule has 0 aliphatic heterocycles. The molecule has 0 bridgehead atoms. The van der Waals surface area contributed by atoms with Gasteiger partial charge in [-0.05, 0) is 138 Å². The molecule has 0 saturated carbocycles. The molecule has 624 valence electrons. The van der Waals surface area contributed by atoms with Gasteiger partial charge in [-0.1, -0.05) is 217 Å². The van der Waals surface area contributed by atoms with Crippen molar-refractivity contribution in [1.29, 1.82) is 52.6 Å². The number of allylic oxidation sites excluding steroid dienone is 5. The molecule has 0 fully saturated rings. The largest absolute Gasteiger partial charge is 0.496 e. The van der Waals surface area contributed by atoms with Gasteiger partial charge in [-0.3, -0.25) is 0 Å². The Kier molecular flexibility index (Phi) is 30.1. The average molecular weight is 1760 g/mol. The highest BCUT2D eigenvalue weighted by Gasteiger charge is 2.33. The molecule has 0 saturated heterocycles. The number of nitrogens with zero attached hydrogens (tertiary/aromatic N) is 20. The maximum atomic E-state index is 13.2. The molecule has 129 heavy (non-hydrogen) atoms. The molecule has 0 unspecified atom stereocenters. The van der Waals surface area contributed by atoms with E-state index in [0.29, 0.717) is 65.8 Å². The van der Waals surface area contributed by atoms with Gasteiger partial charge < -0.3 is 33.4 Å². The molecule has 0 atom stereocenters. The summed E-state index contributed by atoms with van der Waals surface area (Å²) in [5, 5.41) is 118. The third kappa shape index (κ3) is 21.1. The Labute approximate surface area is 751 Å². The van der Waals surface area contributed by atoms with Crippen LogP contribution in [0.5, 0.6) is 5.75 Å². The molecule has 15 aromatic rings. The average Bonchev–Trinajstić information content (AvgIpc) is 1.68. The van der Waals surface area contributed by atoms with Gasteiger partial charge in [0.2, 0.25) is 0 Å². The van der Waals surface area contributed by atoms with Crippen molar-refractivity contribution in [3.05, 3.63) is 378 Å². The molecule has 10 aromatic carbocycles. The van der Waals surface area contributed by atoms with Crippen molar-refractivity contribution in [3.8, 4) is 94.9 Å². The lowest BCUT2D eigenvalue weighted by molar-refractivity contribution is -0.137. The van der Waals surface area contributed by atoms with E-state index in [2.05, 4.69) is 55.8 Å². The van der Waals surface area contributed by atoms with Crippen molar-refractivity contribution in [1.82, 2.24) is 48.9 Å². The number of methoxy groups -OCH3 is 1. The zero-order valence-corrected chi connectivity index (χ0v) is 69.6. The number of rotatable bonds is 16. The van der Waals surface area contributed by atoms with Crippen molar-refractivity contribution in [2.24, 2.45) is 0 Å². The summed E-state index contributed by atoms with van der Waals surface area (Å²) in [6.07, 6.45) is 2.90. The first-order chi connectivity index (χ1) is 62.5. The van der Waals surface area contributed by atoms with Gasteiger partial charge in [0.1, 0.15) is 152 Å². The summed E-state index contributed by atoms with van der Waals surface area (Å²) in [6, 6.07) is 99.3.